The smallest absolute Gasteiger partial charge is 0.153 e. The molecule has 3 nitrogen and oxygen atoms in total. The van der Waals surface area contributed by atoms with E-state index in [9.17, 15) is 5.11 Å². The summed E-state index contributed by atoms with van der Waals surface area (Å²) in [5.74, 6) is 0.784. The second-order valence-corrected chi connectivity index (χ2v) is 4.06. The Labute approximate surface area is 99.3 Å². The van der Waals surface area contributed by atoms with Crippen LogP contribution >= 0.6 is 11.6 Å². The van der Waals surface area contributed by atoms with E-state index in [2.05, 4.69) is 4.98 Å². The zero-order valence-corrected chi connectivity index (χ0v) is 9.99. The molecule has 0 radical (unpaired) electrons. The van der Waals surface area contributed by atoms with Gasteiger partial charge in [0.2, 0.25) is 0 Å². The summed E-state index contributed by atoms with van der Waals surface area (Å²) in [4.78, 5) is 4.28. The van der Waals surface area contributed by atoms with Gasteiger partial charge in [0, 0.05) is 12.6 Å². The molecule has 4 heteroatoms. The van der Waals surface area contributed by atoms with Crippen molar-refractivity contribution < 1.29 is 5.11 Å². The van der Waals surface area contributed by atoms with E-state index in [1.165, 1.54) is 0 Å². The van der Waals surface area contributed by atoms with Crippen molar-refractivity contribution in [2.75, 3.05) is 0 Å². The Bertz CT molecular complexity index is 520. The predicted molar refractivity (Wildman–Crippen MR) is 64.3 cm³/mol. The SMILES string of the molecule is Cc1ccccc1-c1nc(Cl)c(CO)n1C. The van der Waals surface area contributed by atoms with E-state index < -0.39 is 0 Å². The predicted octanol–water partition coefficient (Wildman–Crippen LogP) is 2.54. The summed E-state index contributed by atoms with van der Waals surface area (Å²) in [6.07, 6.45) is 0. The Morgan fingerprint density at radius 3 is 2.62 bits per heavy atom. The number of hydrogen-bond donors (Lipinski definition) is 1. The maximum Gasteiger partial charge on any atom is 0.153 e. The molecule has 0 saturated carbocycles. The van der Waals surface area contributed by atoms with Gasteiger partial charge in [-0.1, -0.05) is 35.9 Å². The van der Waals surface area contributed by atoms with Crippen molar-refractivity contribution in [1.29, 1.82) is 0 Å². The van der Waals surface area contributed by atoms with E-state index in [-0.39, 0.29) is 6.61 Å². The number of aryl methyl sites for hydroxylation is 1. The Kier molecular flexibility index (Phi) is 2.99. The van der Waals surface area contributed by atoms with Crippen LogP contribution in [-0.4, -0.2) is 14.7 Å². The second-order valence-electron chi connectivity index (χ2n) is 3.70. The van der Waals surface area contributed by atoms with Crippen molar-refractivity contribution in [1.82, 2.24) is 9.55 Å². The van der Waals surface area contributed by atoms with Gasteiger partial charge in [0.15, 0.2) is 5.15 Å². The fourth-order valence-corrected chi connectivity index (χ4v) is 2.00. The molecule has 0 bridgehead atoms. The average molecular weight is 237 g/mol. The van der Waals surface area contributed by atoms with Gasteiger partial charge >= 0.3 is 0 Å². The van der Waals surface area contributed by atoms with Gasteiger partial charge in [-0.2, -0.15) is 0 Å². The molecule has 0 saturated heterocycles. The fraction of sp³-hybridized carbons (Fsp3) is 0.250. The molecule has 2 aromatic rings. The first-order chi connectivity index (χ1) is 7.65. The fourth-order valence-electron chi connectivity index (χ4n) is 1.73. The topological polar surface area (TPSA) is 38.1 Å². The molecule has 1 aromatic carbocycles. The molecule has 0 fully saturated rings. The summed E-state index contributed by atoms with van der Waals surface area (Å²) in [6.45, 7) is 1.92. The third-order valence-electron chi connectivity index (χ3n) is 2.70. The van der Waals surface area contributed by atoms with Crippen molar-refractivity contribution in [3.8, 4) is 11.4 Å². The van der Waals surface area contributed by atoms with Gasteiger partial charge in [-0.05, 0) is 12.5 Å². The van der Waals surface area contributed by atoms with E-state index in [4.69, 9.17) is 11.6 Å². The molecule has 0 unspecified atom stereocenters. The number of aliphatic hydroxyl groups is 1. The van der Waals surface area contributed by atoms with Crippen LogP contribution in [0.2, 0.25) is 5.15 Å². The molecule has 0 aliphatic heterocycles. The van der Waals surface area contributed by atoms with Gasteiger partial charge in [-0.3, -0.25) is 0 Å². The molecular weight excluding hydrogens is 224 g/mol. The van der Waals surface area contributed by atoms with E-state index in [1.807, 2.05) is 42.8 Å². The molecular formula is C12H13ClN2O. The number of imidazole rings is 1. The molecule has 1 aromatic heterocycles. The Morgan fingerprint density at radius 2 is 2.06 bits per heavy atom. The van der Waals surface area contributed by atoms with Crippen molar-refractivity contribution in [3.63, 3.8) is 0 Å². The molecule has 0 atom stereocenters. The quantitative estimate of drug-likeness (QED) is 0.870. The van der Waals surface area contributed by atoms with Crippen molar-refractivity contribution in [2.24, 2.45) is 7.05 Å². The van der Waals surface area contributed by atoms with Crippen molar-refractivity contribution in [3.05, 3.63) is 40.7 Å². The maximum atomic E-state index is 9.18. The van der Waals surface area contributed by atoms with Gasteiger partial charge in [0.25, 0.3) is 0 Å². The number of hydrogen-bond acceptors (Lipinski definition) is 2. The summed E-state index contributed by atoms with van der Waals surface area (Å²) in [7, 11) is 1.85. The first-order valence-corrected chi connectivity index (χ1v) is 5.41. The van der Waals surface area contributed by atoms with Gasteiger partial charge in [0.05, 0.1) is 12.3 Å². The lowest BCUT2D eigenvalue weighted by Crippen LogP contribution is -1.99. The number of benzene rings is 1. The Morgan fingerprint density at radius 1 is 1.38 bits per heavy atom. The van der Waals surface area contributed by atoms with Crippen LogP contribution in [0.5, 0.6) is 0 Å². The lowest BCUT2D eigenvalue weighted by atomic mass is 10.1. The third-order valence-corrected chi connectivity index (χ3v) is 3.00. The van der Waals surface area contributed by atoms with Gasteiger partial charge < -0.3 is 9.67 Å². The number of aliphatic hydroxyl groups excluding tert-OH is 1. The normalized spacial score (nSPS) is 10.8. The van der Waals surface area contributed by atoms with Crippen LogP contribution in [0.15, 0.2) is 24.3 Å². The zero-order valence-electron chi connectivity index (χ0n) is 9.24. The van der Waals surface area contributed by atoms with Crippen LogP contribution in [0.25, 0.3) is 11.4 Å². The minimum Gasteiger partial charge on any atom is -0.390 e. The standard InChI is InChI=1S/C12H13ClN2O/c1-8-5-3-4-6-9(8)12-14-11(13)10(7-16)15(12)2/h3-6,16H,7H2,1-2H3. The molecule has 0 amide bonds. The molecule has 0 aliphatic rings. The van der Waals surface area contributed by atoms with E-state index in [0.29, 0.717) is 10.8 Å². The molecule has 1 N–H and O–H groups in total. The van der Waals surface area contributed by atoms with Crippen LogP contribution in [0, 0.1) is 6.92 Å². The minimum atomic E-state index is -0.103. The van der Waals surface area contributed by atoms with Gasteiger partial charge in [-0.25, -0.2) is 4.98 Å². The van der Waals surface area contributed by atoms with E-state index >= 15 is 0 Å². The number of aromatic nitrogens is 2. The summed E-state index contributed by atoms with van der Waals surface area (Å²) < 4.78 is 1.82. The summed E-state index contributed by atoms with van der Waals surface area (Å²) in [5.41, 5.74) is 2.81. The van der Waals surface area contributed by atoms with E-state index in [0.717, 1.165) is 17.0 Å². The molecule has 16 heavy (non-hydrogen) atoms. The van der Waals surface area contributed by atoms with Crippen LogP contribution in [0.3, 0.4) is 0 Å². The molecule has 1 heterocycles. The minimum absolute atomic E-state index is 0.103. The highest BCUT2D eigenvalue weighted by atomic mass is 35.5. The van der Waals surface area contributed by atoms with Crippen molar-refractivity contribution >= 4 is 11.6 Å². The third kappa shape index (κ3) is 1.72. The molecule has 84 valence electrons. The van der Waals surface area contributed by atoms with Crippen molar-refractivity contribution in [2.45, 2.75) is 13.5 Å². The van der Waals surface area contributed by atoms with E-state index in [1.54, 1.807) is 0 Å². The molecule has 0 aliphatic carbocycles. The molecule has 2 rings (SSSR count). The highest BCUT2D eigenvalue weighted by molar-refractivity contribution is 6.30. The monoisotopic (exact) mass is 236 g/mol. The lowest BCUT2D eigenvalue weighted by molar-refractivity contribution is 0.273. The summed E-state index contributed by atoms with van der Waals surface area (Å²) in [5, 5.41) is 9.55. The largest absolute Gasteiger partial charge is 0.390 e. The zero-order chi connectivity index (χ0) is 11.7. The van der Waals surface area contributed by atoms with Crippen LogP contribution < -0.4 is 0 Å². The maximum absolute atomic E-state index is 9.18. The second kappa shape index (κ2) is 4.28. The summed E-state index contributed by atoms with van der Waals surface area (Å²) >= 11 is 5.96. The average Bonchev–Trinajstić information content (AvgIpc) is 2.55. The first kappa shape index (κ1) is 11.2. The Balaban J connectivity index is 2.62. The lowest BCUT2D eigenvalue weighted by Gasteiger charge is -2.06. The van der Waals surface area contributed by atoms with Crippen LogP contribution in [0.1, 0.15) is 11.3 Å². The van der Waals surface area contributed by atoms with Crippen LogP contribution in [-0.2, 0) is 13.7 Å². The number of nitrogens with zero attached hydrogens (tertiary/aromatic N) is 2. The van der Waals surface area contributed by atoms with Gasteiger partial charge in [-0.15, -0.1) is 0 Å². The van der Waals surface area contributed by atoms with Gasteiger partial charge in [0.1, 0.15) is 5.82 Å². The first-order valence-electron chi connectivity index (χ1n) is 5.03. The number of rotatable bonds is 2. The highest BCUT2D eigenvalue weighted by Gasteiger charge is 2.14. The highest BCUT2D eigenvalue weighted by Crippen LogP contribution is 2.26. The Hall–Kier alpha value is -1.32. The number of halogens is 1. The van der Waals surface area contributed by atoms with Crippen LogP contribution in [0.4, 0.5) is 0 Å². The summed E-state index contributed by atoms with van der Waals surface area (Å²) in [6, 6.07) is 7.96. The molecule has 0 spiro atoms.